The number of rotatable bonds is 4. The van der Waals surface area contributed by atoms with Crippen molar-refractivity contribution in [2.75, 3.05) is 26.0 Å². The van der Waals surface area contributed by atoms with E-state index in [1.54, 1.807) is 0 Å². The van der Waals surface area contributed by atoms with Gasteiger partial charge in [-0.3, -0.25) is 14.5 Å². The molecule has 0 atom stereocenters. The molecule has 124 valence electrons. The smallest absolute Gasteiger partial charge is 0.289 e. The molecule has 2 heterocycles. The molecule has 1 aromatic carbocycles. The zero-order valence-corrected chi connectivity index (χ0v) is 13.7. The van der Waals surface area contributed by atoms with Crippen molar-refractivity contribution in [2.24, 2.45) is 0 Å². The number of halogens is 1. The third kappa shape index (κ3) is 2.70. The molecule has 0 bridgehead atoms. The highest BCUT2D eigenvalue weighted by Crippen LogP contribution is 2.30. The van der Waals surface area contributed by atoms with Crippen LogP contribution in [0, 0.1) is 5.82 Å². The molecule has 0 radical (unpaired) electrons. The summed E-state index contributed by atoms with van der Waals surface area (Å²) in [6.07, 6.45) is 0. The molecular formula is C13H13FN2O5S2. The fourth-order valence-corrected chi connectivity index (χ4v) is 4.75. The zero-order chi connectivity index (χ0) is 16.8. The van der Waals surface area contributed by atoms with Crippen LogP contribution in [0.4, 0.5) is 9.18 Å². The van der Waals surface area contributed by atoms with Gasteiger partial charge in [0.15, 0.2) is 11.6 Å². The Labute approximate surface area is 136 Å². The Balaban J connectivity index is 1.74. The second kappa shape index (κ2) is 5.77. The van der Waals surface area contributed by atoms with Gasteiger partial charge in [0.25, 0.3) is 5.24 Å². The molecule has 0 aromatic heterocycles. The number of amides is 2. The standard InChI is InChI=1S/C13H13FN2O5S2/c1-21-11-3-2-9(4-10(11)14)23(19,20)15-5-8(6-15)16-12(17)7-22-13(16)18/h2-4,8H,5-7H2,1H3. The zero-order valence-electron chi connectivity index (χ0n) is 12.1. The van der Waals surface area contributed by atoms with Gasteiger partial charge in [0, 0.05) is 13.1 Å². The Morgan fingerprint density at radius 1 is 1.30 bits per heavy atom. The first-order valence-electron chi connectivity index (χ1n) is 6.67. The van der Waals surface area contributed by atoms with Crippen LogP contribution in [0.2, 0.25) is 0 Å². The van der Waals surface area contributed by atoms with Crippen molar-refractivity contribution in [3.8, 4) is 5.75 Å². The second-order valence-corrected chi connectivity index (χ2v) is 7.96. The number of carbonyl (C=O) groups is 2. The van der Waals surface area contributed by atoms with Crippen LogP contribution in [0.25, 0.3) is 0 Å². The number of methoxy groups -OCH3 is 1. The summed E-state index contributed by atoms with van der Waals surface area (Å²) in [5.74, 6) is -1.04. The second-order valence-electron chi connectivity index (χ2n) is 5.09. The summed E-state index contributed by atoms with van der Waals surface area (Å²) in [5, 5.41) is -0.354. The Kier molecular flexibility index (Phi) is 4.07. The van der Waals surface area contributed by atoms with Gasteiger partial charge in [0.2, 0.25) is 15.9 Å². The van der Waals surface area contributed by atoms with Crippen LogP contribution < -0.4 is 4.74 Å². The lowest BCUT2D eigenvalue weighted by Crippen LogP contribution is -2.61. The SMILES string of the molecule is COc1ccc(S(=O)(=O)N2CC(N3C(=O)CSC3=O)C2)cc1F. The summed E-state index contributed by atoms with van der Waals surface area (Å²) in [5.41, 5.74) is 0. The maximum Gasteiger partial charge on any atom is 0.289 e. The van der Waals surface area contributed by atoms with E-state index in [9.17, 15) is 22.4 Å². The molecule has 0 saturated carbocycles. The summed E-state index contributed by atoms with van der Waals surface area (Å²) >= 11 is 0.908. The Morgan fingerprint density at radius 3 is 2.52 bits per heavy atom. The Hall–Kier alpha value is -1.65. The number of carbonyl (C=O) groups excluding carboxylic acids is 2. The van der Waals surface area contributed by atoms with Crippen molar-refractivity contribution in [1.29, 1.82) is 0 Å². The average Bonchev–Trinajstić information content (AvgIpc) is 2.77. The van der Waals surface area contributed by atoms with Crippen molar-refractivity contribution >= 4 is 32.9 Å². The molecule has 2 aliphatic heterocycles. The van der Waals surface area contributed by atoms with Gasteiger partial charge in [0.05, 0.1) is 23.8 Å². The molecule has 2 amide bonds. The van der Waals surface area contributed by atoms with E-state index in [1.807, 2.05) is 0 Å². The third-order valence-corrected chi connectivity index (χ3v) is 6.40. The van der Waals surface area contributed by atoms with Crippen LogP contribution in [-0.2, 0) is 14.8 Å². The molecule has 0 N–H and O–H groups in total. The van der Waals surface area contributed by atoms with E-state index in [4.69, 9.17) is 4.74 Å². The van der Waals surface area contributed by atoms with E-state index in [1.165, 1.54) is 19.2 Å². The molecular weight excluding hydrogens is 347 g/mol. The van der Waals surface area contributed by atoms with Gasteiger partial charge in [-0.1, -0.05) is 11.8 Å². The van der Waals surface area contributed by atoms with Crippen molar-refractivity contribution < 1.29 is 27.1 Å². The molecule has 23 heavy (non-hydrogen) atoms. The highest BCUT2D eigenvalue weighted by atomic mass is 32.2. The predicted octanol–water partition coefficient (Wildman–Crippen LogP) is 0.903. The quantitative estimate of drug-likeness (QED) is 0.793. The number of sulfonamides is 1. The van der Waals surface area contributed by atoms with Crippen molar-refractivity contribution in [3.63, 3.8) is 0 Å². The molecule has 2 aliphatic rings. The number of benzene rings is 1. The number of hydrogen-bond donors (Lipinski definition) is 0. The first kappa shape index (κ1) is 16.2. The molecule has 2 fully saturated rings. The number of ether oxygens (including phenoxy) is 1. The minimum Gasteiger partial charge on any atom is -0.494 e. The van der Waals surface area contributed by atoms with E-state index in [0.29, 0.717) is 0 Å². The molecule has 0 spiro atoms. The number of hydrogen-bond acceptors (Lipinski definition) is 6. The number of thioether (sulfide) groups is 1. The summed E-state index contributed by atoms with van der Waals surface area (Å²) < 4.78 is 44.4. The fraction of sp³-hybridized carbons (Fsp3) is 0.385. The largest absolute Gasteiger partial charge is 0.494 e. The number of imide groups is 1. The molecule has 10 heteroatoms. The minimum absolute atomic E-state index is 0.0218. The first-order valence-corrected chi connectivity index (χ1v) is 9.09. The highest BCUT2D eigenvalue weighted by Gasteiger charge is 2.46. The van der Waals surface area contributed by atoms with Crippen LogP contribution >= 0.6 is 11.8 Å². The fourth-order valence-electron chi connectivity index (χ4n) is 2.45. The van der Waals surface area contributed by atoms with Gasteiger partial charge in [-0.25, -0.2) is 12.8 Å². The van der Waals surface area contributed by atoms with Gasteiger partial charge < -0.3 is 4.74 Å². The molecule has 0 unspecified atom stereocenters. The third-order valence-electron chi connectivity index (χ3n) is 3.74. The van der Waals surface area contributed by atoms with Crippen LogP contribution in [-0.4, -0.2) is 60.8 Å². The van der Waals surface area contributed by atoms with E-state index in [0.717, 1.165) is 27.0 Å². The molecule has 3 rings (SSSR count). The molecule has 7 nitrogen and oxygen atoms in total. The van der Waals surface area contributed by atoms with Crippen molar-refractivity contribution in [1.82, 2.24) is 9.21 Å². The van der Waals surface area contributed by atoms with E-state index >= 15 is 0 Å². The van der Waals surface area contributed by atoms with Crippen molar-refractivity contribution in [3.05, 3.63) is 24.0 Å². The summed E-state index contributed by atoms with van der Waals surface area (Å²) in [4.78, 5) is 24.1. The maximum atomic E-state index is 13.7. The summed E-state index contributed by atoms with van der Waals surface area (Å²) in [7, 11) is -2.58. The van der Waals surface area contributed by atoms with Crippen molar-refractivity contribution in [2.45, 2.75) is 10.9 Å². The summed E-state index contributed by atoms with van der Waals surface area (Å²) in [6.45, 7) is 0.0437. The minimum atomic E-state index is -3.87. The predicted molar refractivity (Wildman–Crippen MR) is 80.2 cm³/mol. The number of nitrogens with zero attached hydrogens (tertiary/aromatic N) is 2. The lowest BCUT2D eigenvalue weighted by atomic mass is 10.1. The van der Waals surface area contributed by atoms with Gasteiger partial charge >= 0.3 is 0 Å². The molecule has 1 aromatic rings. The van der Waals surface area contributed by atoms with Gasteiger partial charge in [-0.15, -0.1) is 0 Å². The Bertz CT molecular complexity index is 761. The monoisotopic (exact) mass is 360 g/mol. The maximum absolute atomic E-state index is 13.7. The Morgan fingerprint density at radius 2 is 2.00 bits per heavy atom. The van der Waals surface area contributed by atoms with Gasteiger partial charge in [0.1, 0.15) is 0 Å². The lowest BCUT2D eigenvalue weighted by Gasteiger charge is -2.41. The molecule has 2 saturated heterocycles. The molecule has 0 aliphatic carbocycles. The van der Waals surface area contributed by atoms with Crippen LogP contribution in [0.1, 0.15) is 0 Å². The van der Waals surface area contributed by atoms with Crippen LogP contribution in [0.5, 0.6) is 5.75 Å². The normalized spacial score (nSPS) is 20.0. The van der Waals surface area contributed by atoms with E-state index in [2.05, 4.69) is 0 Å². The van der Waals surface area contributed by atoms with Crippen LogP contribution in [0.15, 0.2) is 23.1 Å². The van der Waals surface area contributed by atoms with Gasteiger partial charge in [-0.2, -0.15) is 4.31 Å². The highest BCUT2D eigenvalue weighted by molar-refractivity contribution is 8.14. The first-order chi connectivity index (χ1) is 10.8. The summed E-state index contributed by atoms with van der Waals surface area (Å²) in [6, 6.07) is 2.93. The van der Waals surface area contributed by atoms with E-state index < -0.39 is 21.9 Å². The topological polar surface area (TPSA) is 84.0 Å². The van der Waals surface area contributed by atoms with Gasteiger partial charge in [-0.05, 0) is 18.2 Å². The lowest BCUT2D eigenvalue weighted by molar-refractivity contribution is -0.127. The van der Waals surface area contributed by atoms with E-state index in [-0.39, 0.29) is 40.6 Å². The van der Waals surface area contributed by atoms with Crippen LogP contribution in [0.3, 0.4) is 0 Å². The average molecular weight is 360 g/mol.